The van der Waals surface area contributed by atoms with E-state index in [1.165, 1.54) is 32.1 Å². The van der Waals surface area contributed by atoms with Gasteiger partial charge < -0.3 is 4.74 Å². The molecule has 0 spiro atoms. The minimum Gasteiger partial charge on any atom is -0.493 e. The molecule has 2 amide bonds. The lowest BCUT2D eigenvalue weighted by Gasteiger charge is -2.33. The zero-order chi connectivity index (χ0) is 17.2. The van der Waals surface area contributed by atoms with Crippen molar-refractivity contribution in [2.24, 2.45) is 5.41 Å². The molecule has 1 aromatic rings. The van der Waals surface area contributed by atoms with Crippen molar-refractivity contribution in [1.29, 1.82) is 0 Å². The minimum atomic E-state index is -1.46. The largest absolute Gasteiger partial charge is 0.493 e. The number of ether oxygens (including phenoxy) is 1. The summed E-state index contributed by atoms with van der Waals surface area (Å²) in [4.78, 5) is 23.0. The monoisotopic (exact) mass is 334 g/mol. The quantitative estimate of drug-likeness (QED) is 0.886. The van der Waals surface area contributed by atoms with Crippen LogP contribution in [0.2, 0.25) is 0 Å². The van der Waals surface area contributed by atoms with Gasteiger partial charge in [0.15, 0.2) is 0 Å². The predicted molar refractivity (Wildman–Crippen MR) is 91.8 cm³/mol. The van der Waals surface area contributed by atoms with Crippen LogP contribution in [0.5, 0.6) is 5.75 Å². The maximum atomic E-state index is 11.7. The number of benzene rings is 1. The van der Waals surface area contributed by atoms with E-state index in [0.29, 0.717) is 0 Å². The Hall–Kier alpha value is -1.49. The zero-order valence-electron chi connectivity index (χ0n) is 14.4. The maximum absolute atomic E-state index is 11.7. The number of hydrogen-bond acceptors (Lipinski definition) is 4. The molecule has 1 aliphatic carbocycles. The number of rotatable bonds is 5. The molecule has 1 aliphatic heterocycles. The van der Waals surface area contributed by atoms with Crippen LogP contribution in [0, 0.1) is 5.41 Å². The average molecular weight is 334 g/mol. The molecule has 0 bridgehead atoms. The van der Waals surface area contributed by atoms with E-state index >= 15 is 0 Å². The summed E-state index contributed by atoms with van der Waals surface area (Å²) in [5, 5.41) is 0.261. The number of imide groups is 1. The Kier molecular flexibility index (Phi) is 4.55. The Bertz CT molecular complexity index is 628. The second-order valence-electron chi connectivity index (χ2n) is 6.75. The fraction of sp³-hybridized carbons (Fsp3) is 0.556. The van der Waals surface area contributed by atoms with Crippen LogP contribution in [0.15, 0.2) is 24.3 Å². The van der Waals surface area contributed by atoms with Crippen LogP contribution in [0.3, 0.4) is 0 Å². The van der Waals surface area contributed by atoms with Gasteiger partial charge in [-0.15, -0.1) is 0 Å². The van der Waals surface area contributed by atoms with Gasteiger partial charge in [-0.05, 0) is 37.0 Å². The Morgan fingerprint density at radius 1 is 1.26 bits per heavy atom. The van der Waals surface area contributed by atoms with E-state index in [2.05, 4.69) is 12.2 Å². The van der Waals surface area contributed by atoms with Crippen molar-refractivity contribution in [1.82, 2.24) is 5.32 Å². The smallest absolute Gasteiger partial charge is 0.286 e. The van der Waals surface area contributed by atoms with Gasteiger partial charge in [0.25, 0.3) is 5.24 Å². The number of carbonyl (C=O) groups is 2. The van der Waals surface area contributed by atoms with Gasteiger partial charge in [0, 0.05) is 5.41 Å². The van der Waals surface area contributed by atoms with E-state index in [0.717, 1.165) is 29.7 Å². The summed E-state index contributed by atoms with van der Waals surface area (Å²) in [6.45, 7) is 3.01. The molecule has 1 heterocycles. The Labute approximate surface area is 142 Å². The molecule has 0 unspecified atom stereocenters. The molecule has 1 saturated carbocycles. The van der Waals surface area contributed by atoms with Gasteiger partial charge in [-0.3, -0.25) is 14.9 Å². The molecule has 5 heteroatoms. The lowest BCUT2D eigenvalue weighted by molar-refractivity contribution is -0.118. The molecule has 23 heavy (non-hydrogen) atoms. The maximum Gasteiger partial charge on any atom is 0.286 e. The summed E-state index contributed by atoms with van der Waals surface area (Å²) in [5.41, 5.74) is 1.11. The molecule has 2 aliphatic rings. The molecule has 1 N–H and O–H groups in total. The van der Waals surface area contributed by atoms with Crippen LogP contribution in [0.1, 0.15) is 46.0 Å². The van der Waals surface area contributed by atoms with Crippen molar-refractivity contribution in [2.45, 2.75) is 50.7 Å². The van der Waals surface area contributed by atoms with Gasteiger partial charge in [-0.2, -0.15) is 0 Å². The average Bonchev–Trinajstić information content (AvgIpc) is 2.79. The molecule has 1 atom stereocenters. The van der Waals surface area contributed by atoms with E-state index in [-0.39, 0.29) is 11.8 Å². The second kappa shape index (κ2) is 6.95. The number of nitrogens with one attached hydrogen (secondary N) is 1. The highest BCUT2D eigenvalue weighted by molar-refractivity contribution is 8.15. The van der Waals surface area contributed by atoms with Gasteiger partial charge in [0.1, 0.15) is 5.75 Å². The first-order valence-electron chi connectivity index (χ1n) is 8.65. The number of hydrogen-bond donors (Lipinski definition) is 1. The topological polar surface area (TPSA) is 55.4 Å². The third kappa shape index (κ3) is 4.28. The van der Waals surface area contributed by atoms with Gasteiger partial charge in [0.05, 0.1) is 13.2 Å². The molecule has 1 aromatic carbocycles. The predicted octanol–water partition coefficient (Wildman–Crippen LogP) is 3.93. The molecular formula is C18H23NO3S. The van der Waals surface area contributed by atoms with Crippen molar-refractivity contribution >= 4 is 22.9 Å². The van der Waals surface area contributed by atoms with Crippen molar-refractivity contribution in [3.05, 3.63) is 29.8 Å². The number of amides is 2. The summed E-state index contributed by atoms with van der Waals surface area (Å²) >= 11 is 0.739. The van der Waals surface area contributed by atoms with E-state index < -0.39 is 16.4 Å². The highest BCUT2D eigenvalue weighted by Gasteiger charge is 2.31. The molecule has 0 radical (unpaired) electrons. The second-order valence-corrected chi connectivity index (χ2v) is 7.82. The zero-order valence-corrected chi connectivity index (χ0v) is 14.2. The van der Waals surface area contributed by atoms with Gasteiger partial charge in [-0.25, -0.2) is 0 Å². The number of carbonyl (C=O) groups excluding carboxylic acids is 2. The normalized spacial score (nSPS) is 27.4. The Morgan fingerprint density at radius 3 is 2.57 bits per heavy atom. The van der Waals surface area contributed by atoms with Crippen molar-refractivity contribution < 1.29 is 15.7 Å². The summed E-state index contributed by atoms with van der Waals surface area (Å²) in [7, 11) is 0. The fourth-order valence-corrected chi connectivity index (χ4v) is 3.91. The first kappa shape index (κ1) is 15.1. The number of thioether (sulfide) groups is 1. The van der Waals surface area contributed by atoms with Crippen molar-refractivity contribution in [3.8, 4) is 5.75 Å². The first-order valence-corrected chi connectivity index (χ1v) is 8.96. The van der Waals surface area contributed by atoms with E-state index in [4.69, 9.17) is 6.11 Å². The van der Waals surface area contributed by atoms with Gasteiger partial charge >= 0.3 is 0 Å². The summed E-state index contributed by atoms with van der Waals surface area (Å²) in [6.07, 6.45) is 6.52. The molecular weight excluding hydrogens is 310 g/mol. The van der Waals surface area contributed by atoms with Crippen molar-refractivity contribution in [2.75, 3.05) is 6.61 Å². The van der Waals surface area contributed by atoms with Crippen LogP contribution >= 0.6 is 11.8 Å². The highest BCUT2D eigenvalue weighted by Crippen LogP contribution is 2.36. The molecule has 3 rings (SSSR count). The van der Waals surface area contributed by atoms with E-state index in [1.54, 1.807) is 0 Å². The van der Waals surface area contributed by atoms with Crippen LogP contribution in [0.4, 0.5) is 4.79 Å². The first-order chi connectivity index (χ1) is 11.4. The summed E-state index contributed by atoms with van der Waals surface area (Å²) < 4.78 is 14.1. The van der Waals surface area contributed by atoms with Crippen LogP contribution in [0.25, 0.3) is 0 Å². The lowest BCUT2D eigenvalue weighted by atomic mass is 9.76. The molecule has 2 fully saturated rings. The van der Waals surface area contributed by atoms with Crippen molar-refractivity contribution in [3.63, 3.8) is 0 Å². The van der Waals surface area contributed by atoms with Gasteiger partial charge in [-0.1, -0.05) is 50.1 Å². The lowest BCUT2D eigenvalue weighted by Crippen LogP contribution is -2.27. The standard InChI is InChI=1S/C18H23NO3S/c1-18(9-3-2-4-10-18)12-22-14-7-5-13(6-8-14)11-15-16(20)19-17(21)23-15/h5-8,15H,2-4,9-12H2,1H3,(H,19,20,21)/t15-/m0/s1/i15D. The summed E-state index contributed by atoms with van der Waals surface area (Å²) in [6, 6.07) is 7.49. The fourth-order valence-electron chi connectivity index (χ4n) is 3.16. The summed E-state index contributed by atoms with van der Waals surface area (Å²) in [5.74, 6) is 0.271. The minimum absolute atomic E-state index is 0.202. The third-order valence-corrected chi connectivity index (χ3v) is 5.48. The Balaban J connectivity index is 1.57. The SMILES string of the molecule is [2H][C@@]1(Cc2ccc(OCC3(C)CCCCC3)cc2)SC(=O)NC1=O. The highest BCUT2D eigenvalue weighted by atomic mass is 32.2. The van der Waals surface area contributed by atoms with Crippen LogP contribution in [-0.2, 0) is 11.2 Å². The third-order valence-electron chi connectivity index (χ3n) is 4.62. The van der Waals surface area contributed by atoms with Gasteiger partial charge in [0.2, 0.25) is 5.91 Å². The molecule has 1 saturated heterocycles. The Morgan fingerprint density at radius 2 is 1.96 bits per heavy atom. The van der Waals surface area contributed by atoms with Crippen LogP contribution < -0.4 is 10.1 Å². The van der Waals surface area contributed by atoms with Crippen LogP contribution in [-0.4, -0.2) is 23.0 Å². The van der Waals surface area contributed by atoms with E-state index in [1.807, 2.05) is 24.3 Å². The van der Waals surface area contributed by atoms with E-state index in [9.17, 15) is 9.59 Å². The molecule has 4 nitrogen and oxygen atoms in total. The molecule has 0 aromatic heterocycles. The molecule has 124 valence electrons.